The maximum absolute atomic E-state index is 10.7. The first kappa shape index (κ1) is 9.73. The Kier molecular flexibility index (Phi) is 2.60. The van der Waals surface area contributed by atoms with Gasteiger partial charge in [0.15, 0.2) is 0 Å². The van der Waals surface area contributed by atoms with Gasteiger partial charge in [0.2, 0.25) is 0 Å². The molecule has 2 rings (SSSR count). The predicted octanol–water partition coefficient (Wildman–Crippen LogP) is 0.119. The van der Waals surface area contributed by atoms with E-state index in [9.17, 15) is 4.79 Å². The zero-order chi connectivity index (χ0) is 10.0. The number of hydrogen-bond acceptors (Lipinski definition) is 3. The molecule has 0 aromatic heterocycles. The Bertz CT molecular complexity index is 216. The van der Waals surface area contributed by atoms with Crippen LogP contribution in [0.2, 0.25) is 0 Å². The molecule has 2 fully saturated rings. The first-order valence-corrected chi connectivity index (χ1v) is 5.03. The fourth-order valence-corrected chi connectivity index (χ4v) is 2.15. The summed E-state index contributed by atoms with van der Waals surface area (Å²) >= 11 is 0. The van der Waals surface area contributed by atoms with E-state index in [4.69, 9.17) is 9.84 Å². The molecule has 1 spiro atoms. The van der Waals surface area contributed by atoms with Crippen LogP contribution in [0.3, 0.4) is 0 Å². The number of carboxylic acid groups (broad SMARTS) is 1. The van der Waals surface area contributed by atoms with E-state index in [1.807, 2.05) is 0 Å². The minimum atomic E-state index is -0.809. The average Bonchev–Trinajstić information content (AvgIpc) is 2.19. The van der Waals surface area contributed by atoms with Crippen molar-refractivity contribution in [3.05, 3.63) is 0 Å². The van der Waals surface area contributed by atoms with Crippen LogP contribution in [0.15, 0.2) is 0 Å². The van der Waals surface area contributed by atoms with Gasteiger partial charge in [0.25, 0.3) is 0 Å². The van der Waals surface area contributed by atoms with Gasteiger partial charge in [-0.05, 0) is 12.8 Å². The zero-order valence-electron chi connectivity index (χ0n) is 8.16. The van der Waals surface area contributed by atoms with Crippen molar-refractivity contribution in [2.24, 2.45) is 0 Å². The lowest BCUT2D eigenvalue weighted by Crippen LogP contribution is -2.60. The van der Waals surface area contributed by atoms with Crippen LogP contribution in [-0.4, -0.2) is 54.5 Å². The number of nitrogens with zero attached hydrogens (tertiary/aromatic N) is 1. The molecule has 0 aliphatic carbocycles. The quantitative estimate of drug-likeness (QED) is 0.583. The molecule has 0 aromatic carbocycles. The molecule has 0 aromatic rings. The van der Waals surface area contributed by atoms with Gasteiger partial charge in [0.05, 0.1) is 13.2 Å². The summed E-state index contributed by atoms with van der Waals surface area (Å²) in [5, 5.41) is 12.2. The number of piperidine rings is 1. The van der Waals surface area contributed by atoms with Gasteiger partial charge in [-0.2, -0.15) is 0 Å². The van der Waals surface area contributed by atoms with E-state index >= 15 is 0 Å². The van der Waals surface area contributed by atoms with Crippen LogP contribution in [0.1, 0.15) is 12.8 Å². The van der Waals surface area contributed by atoms with Gasteiger partial charge in [-0.1, -0.05) is 0 Å². The first-order chi connectivity index (χ1) is 6.72. The third-order valence-corrected chi connectivity index (χ3v) is 3.12. The molecular formula is C9H16N2O3. The SMILES string of the molecule is O=C(O)N1CCC2(CC1)COCCN2. The first-order valence-electron chi connectivity index (χ1n) is 5.03. The molecule has 2 heterocycles. The van der Waals surface area contributed by atoms with Crippen molar-refractivity contribution in [2.75, 3.05) is 32.8 Å². The lowest BCUT2D eigenvalue weighted by Gasteiger charge is -2.43. The van der Waals surface area contributed by atoms with Crippen LogP contribution in [0, 0.1) is 0 Å². The lowest BCUT2D eigenvalue weighted by molar-refractivity contribution is -0.00306. The van der Waals surface area contributed by atoms with E-state index < -0.39 is 6.09 Å². The minimum absolute atomic E-state index is 0.0458. The molecule has 2 aliphatic heterocycles. The Morgan fingerprint density at radius 2 is 2.14 bits per heavy atom. The van der Waals surface area contributed by atoms with E-state index in [2.05, 4.69) is 5.32 Å². The second kappa shape index (κ2) is 3.74. The number of carbonyl (C=O) groups is 1. The number of ether oxygens (including phenoxy) is 1. The molecule has 2 aliphatic rings. The molecule has 1 amide bonds. The summed E-state index contributed by atoms with van der Waals surface area (Å²) in [7, 11) is 0. The van der Waals surface area contributed by atoms with Crippen molar-refractivity contribution in [3.63, 3.8) is 0 Å². The van der Waals surface area contributed by atoms with E-state index in [1.54, 1.807) is 0 Å². The van der Waals surface area contributed by atoms with Crippen molar-refractivity contribution in [1.82, 2.24) is 10.2 Å². The van der Waals surface area contributed by atoms with Crippen molar-refractivity contribution in [2.45, 2.75) is 18.4 Å². The van der Waals surface area contributed by atoms with E-state index in [0.29, 0.717) is 13.1 Å². The molecule has 0 saturated carbocycles. The highest BCUT2D eigenvalue weighted by Crippen LogP contribution is 2.24. The summed E-state index contributed by atoms with van der Waals surface area (Å²) in [4.78, 5) is 12.2. The lowest BCUT2D eigenvalue weighted by atomic mass is 9.87. The normalized spacial score (nSPS) is 26.4. The number of morpholine rings is 1. The molecule has 2 N–H and O–H groups in total. The van der Waals surface area contributed by atoms with Gasteiger partial charge < -0.3 is 20.1 Å². The summed E-state index contributed by atoms with van der Waals surface area (Å²) in [6.45, 7) is 3.61. The Morgan fingerprint density at radius 3 is 2.64 bits per heavy atom. The fourth-order valence-electron chi connectivity index (χ4n) is 2.15. The molecule has 2 saturated heterocycles. The van der Waals surface area contributed by atoms with Crippen LogP contribution in [-0.2, 0) is 4.74 Å². The van der Waals surface area contributed by atoms with Crippen LogP contribution in [0.25, 0.3) is 0 Å². The van der Waals surface area contributed by atoms with Gasteiger partial charge in [0, 0.05) is 25.2 Å². The summed E-state index contributed by atoms with van der Waals surface area (Å²) in [6, 6.07) is 0. The van der Waals surface area contributed by atoms with Crippen LogP contribution in [0.4, 0.5) is 4.79 Å². The monoisotopic (exact) mass is 200 g/mol. The van der Waals surface area contributed by atoms with Crippen LogP contribution in [0.5, 0.6) is 0 Å². The summed E-state index contributed by atoms with van der Waals surface area (Å²) < 4.78 is 5.43. The Morgan fingerprint density at radius 1 is 1.43 bits per heavy atom. The van der Waals surface area contributed by atoms with Crippen molar-refractivity contribution in [3.8, 4) is 0 Å². The Hall–Kier alpha value is -0.810. The highest BCUT2D eigenvalue weighted by molar-refractivity contribution is 5.65. The zero-order valence-corrected chi connectivity index (χ0v) is 8.16. The molecule has 0 bridgehead atoms. The van der Waals surface area contributed by atoms with Gasteiger partial charge >= 0.3 is 6.09 Å². The number of amides is 1. The highest BCUT2D eigenvalue weighted by Gasteiger charge is 2.37. The van der Waals surface area contributed by atoms with Gasteiger partial charge in [-0.3, -0.25) is 0 Å². The van der Waals surface area contributed by atoms with Crippen LogP contribution < -0.4 is 5.32 Å². The molecule has 0 atom stereocenters. The number of hydrogen-bond donors (Lipinski definition) is 2. The molecule has 0 unspecified atom stereocenters. The Balaban J connectivity index is 1.90. The second-order valence-electron chi connectivity index (χ2n) is 4.03. The molecule has 14 heavy (non-hydrogen) atoms. The number of rotatable bonds is 0. The third-order valence-electron chi connectivity index (χ3n) is 3.12. The maximum Gasteiger partial charge on any atom is 0.407 e. The Labute approximate surface area is 83.0 Å². The summed E-state index contributed by atoms with van der Waals surface area (Å²) in [5.41, 5.74) is 0.0458. The fraction of sp³-hybridized carbons (Fsp3) is 0.889. The number of nitrogens with one attached hydrogen (secondary N) is 1. The molecule has 5 nitrogen and oxygen atoms in total. The van der Waals surface area contributed by atoms with Crippen molar-refractivity contribution in [1.29, 1.82) is 0 Å². The molecular weight excluding hydrogens is 184 g/mol. The number of likely N-dealkylation sites (tertiary alicyclic amines) is 1. The minimum Gasteiger partial charge on any atom is -0.465 e. The van der Waals surface area contributed by atoms with Crippen molar-refractivity contribution >= 4 is 6.09 Å². The van der Waals surface area contributed by atoms with E-state index in [1.165, 1.54) is 4.90 Å². The van der Waals surface area contributed by atoms with Gasteiger partial charge in [-0.25, -0.2) is 4.79 Å². The van der Waals surface area contributed by atoms with E-state index in [-0.39, 0.29) is 5.54 Å². The summed E-state index contributed by atoms with van der Waals surface area (Å²) in [6.07, 6.45) is 0.912. The van der Waals surface area contributed by atoms with Gasteiger partial charge in [0.1, 0.15) is 0 Å². The molecule has 80 valence electrons. The maximum atomic E-state index is 10.7. The standard InChI is InChI=1S/C9H16N2O3/c12-8(13)11-4-1-9(2-5-11)7-14-6-3-10-9/h10H,1-7H2,(H,12,13). The molecule has 5 heteroatoms. The topological polar surface area (TPSA) is 61.8 Å². The second-order valence-corrected chi connectivity index (χ2v) is 4.03. The molecule has 0 radical (unpaired) electrons. The predicted molar refractivity (Wildman–Crippen MR) is 50.4 cm³/mol. The third kappa shape index (κ3) is 1.83. The van der Waals surface area contributed by atoms with Crippen molar-refractivity contribution < 1.29 is 14.6 Å². The largest absolute Gasteiger partial charge is 0.465 e. The highest BCUT2D eigenvalue weighted by atomic mass is 16.5. The smallest absolute Gasteiger partial charge is 0.407 e. The summed E-state index contributed by atoms with van der Waals surface area (Å²) in [5.74, 6) is 0. The van der Waals surface area contributed by atoms with E-state index in [0.717, 1.165) is 32.6 Å². The van der Waals surface area contributed by atoms with Crippen LogP contribution >= 0.6 is 0 Å². The average molecular weight is 200 g/mol. The van der Waals surface area contributed by atoms with Gasteiger partial charge in [-0.15, -0.1) is 0 Å².